The normalized spacial score (nSPS) is 18.4. The Bertz CT molecular complexity index is 514. The highest BCUT2D eigenvalue weighted by Crippen LogP contribution is 2.30. The van der Waals surface area contributed by atoms with Crippen molar-refractivity contribution >= 4 is 11.2 Å². The van der Waals surface area contributed by atoms with Crippen LogP contribution in [0.5, 0.6) is 5.88 Å². The third-order valence-electron chi connectivity index (χ3n) is 3.56. The van der Waals surface area contributed by atoms with E-state index in [1.54, 1.807) is 6.33 Å². The van der Waals surface area contributed by atoms with Crippen molar-refractivity contribution < 1.29 is 5.11 Å². The molecule has 17 heavy (non-hydrogen) atoms. The Labute approximate surface area is 99.5 Å². The Morgan fingerprint density at radius 2 is 1.82 bits per heavy atom. The second-order valence-electron chi connectivity index (χ2n) is 4.67. The summed E-state index contributed by atoms with van der Waals surface area (Å²) in [5.74, 6) is -0.0256. The Balaban J connectivity index is 2.02. The molecule has 1 aliphatic carbocycles. The molecule has 5 heteroatoms. The van der Waals surface area contributed by atoms with Crippen LogP contribution >= 0.6 is 0 Å². The number of aromatic nitrogens is 4. The Hall–Kier alpha value is -1.65. The monoisotopic (exact) mass is 232 g/mol. The molecule has 90 valence electrons. The van der Waals surface area contributed by atoms with E-state index in [-0.39, 0.29) is 5.88 Å². The van der Waals surface area contributed by atoms with Gasteiger partial charge in [-0.2, -0.15) is 4.98 Å². The molecule has 0 amide bonds. The van der Waals surface area contributed by atoms with Gasteiger partial charge in [-0.15, -0.1) is 0 Å². The summed E-state index contributed by atoms with van der Waals surface area (Å²) in [5.41, 5.74) is 1.26. The Morgan fingerprint density at radius 1 is 1.06 bits per heavy atom. The third kappa shape index (κ3) is 1.85. The standard InChI is InChI=1S/C12H16N4O/c17-12-10-11(13-7-14-12)16(8-15-10)9-5-3-1-2-4-6-9/h7-9H,1-6H2,(H,13,14,17). The van der Waals surface area contributed by atoms with Gasteiger partial charge in [0.15, 0.2) is 11.2 Å². The quantitative estimate of drug-likeness (QED) is 0.767. The van der Waals surface area contributed by atoms with E-state index >= 15 is 0 Å². The summed E-state index contributed by atoms with van der Waals surface area (Å²) >= 11 is 0. The zero-order valence-electron chi connectivity index (χ0n) is 9.71. The molecule has 2 aromatic heterocycles. The lowest BCUT2D eigenvalue weighted by molar-refractivity contribution is 0.449. The van der Waals surface area contributed by atoms with E-state index < -0.39 is 0 Å². The van der Waals surface area contributed by atoms with E-state index in [1.165, 1.54) is 44.9 Å². The van der Waals surface area contributed by atoms with Crippen molar-refractivity contribution in [1.29, 1.82) is 0 Å². The summed E-state index contributed by atoms with van der Waals surface area (Å²) in [6.07, 6.45) is 10.7. The minimum Gasteiger partial charge on any atom is -0.492 e. The smallest absolute Gasteiger partial charge is 0.242 e. The maximum absolute atomic E-state index is 9.61. The van der Waals surface area contributed by atoms with E-state index in [4.69, 9.17) is 0 Å². The van der Waals surface area contributed by atoms with Gasteiger partial charge in [-0.3, -0.25) is 0 Å². The largest absolute Gasteiger partial charge is 0.492 e. The predicted octanol–water partition coefficient (Wildman–Crippen LogP) is 2.43. The molecule has 2 heterocycles. The lowest BCUT2D eigenvalue weighted by Crippen LogP contribution is -2.07. The number of hydrogen-bond donors (Lipinski definition) is 1. The van der Waals surface area contributed by atoms with Crippen LogP contribution in [0.15, 0.2) is 12.7 Å². The van der Waals surface area contributed by atoms with Crippen molar-refractivity contribution in [3.8, 4) is 5.88 Å². The first-order valence-corrected chi connectivity index (χ1v) is 6.23. The van der Waals surface area contributed by atoms with Gasteiger partial charge in [0.05, 0.1) is 6.33 Å². The first kappa shape index (κ1) is 10.5. The fourth-order valence-electron chi connectivity index (χ4n) is 2.64. The van der Waals surface area contributed by atoms with E-state index in [0.29, 0.717) is 11.6 Å². The molecule has 0 bridgehead atoms. The van der Waals surface area contributed by atoms with Crippen LogP contribution in [0.2, 0.25) is 0 Å². The van der Waals surface area contributed by atoms with Crippen molar-refractivity contribution in [3.63, 3.8) is 0 Å². The summed E-state index contributed by atoms with van der Waals surface area (Å²) in [4.78, 5) is 12.2. The van der Waals surface area contributed by atoms with Gasteiger partial charge >= 0.3 is 0 Å². The maximum atomic E-state index is 9.61. The predicted molar refractivity (Wildman–Crippen MR) is 63.7 cm³/mol. The van der Waals surface area contributed by atoms with Gasteiger partial charge in [-0.1, -0.05) is 25.7 Å². The summed E-state index contributed by atoms with van der Waals surface area (Å²) in [6, 6.07) is 0.469. The number of imidazole rings is 1. The highest BCUT2D eigenvalue weighted by atomic mass is 16.3. The molecule has 0 atom stereocenters. The SMILES string of the molecule is Oc1ncnc2c1ncn2C1CCCCCC1. The number of nitrogens with zero attached hydrogens (tertiary/aromatic N) is 4. The zero-order chi connectivity index (χ0) is 11.7. The van der Waals surface area contributed by atoms with Gasteiger partial charge in [-0.25, -0.2) is 9.97 Å². The molecule has 0 radical (unpaired) electrons. The van der Waals surface area contributed by atoms with Crippen molar-refractivity contribution in [1.82, 2.24) is 19.5 Å². The number of rotatable bonds is 1. The fourth-order valence-corrected chi connectivity index (χ4v) is 2.64. The highest BCUT2D eigenvalue weighted by molar-refractivity contribution is 5.75. The Kier molecular flexibility index (Phi) is 2.66. The number of fused-ring (bicyclic) bond motifs is 1. The van der Waals surface area contributed by atoms with Crippen LogP contribution in [0.25, 0.3) is 11.2 Å². The molecule has 1 N–H and O–H groups in total. The molecule has 0 spiro atoms. The molecule has 5 nitrogen and oxygen atoms in total. The molecule has 0 aliphatic heterocycles. The minimum absolute atomic E-state index is 0.0256. The van der Waals surface area contributed by atoms with Crippen molar-refractivity contribution in [2.75, 3.05) is 0 Å². The lowest BCUT2D eigenvalue weighted by atomic mass is 10.1. The number of hydrogen-bond acceptors (Lipinski definition) is 4. The Morgan fingerprint density at radius 3 is 2.59 bits per heavy atom. The second-order valence-corrected chi connectivity index (χ2v) is 4.67. The molecule has 3 rings (SSSR count). The fraction of sp³-hybridized carbons (Fsp3) is 0.583. The van der Waals surface area contributed by atoms with Crippen LogP contribution in [0.3, 0.4) is 0 Å². The maximum Gasteiger partial charge on any atom is 0.242 e. The van der Waals surface area contributed by atoms with E-state index in [9.17, 15) is 5.11 Å². The zero-order valence-corrected chi connectivity index (χ0v) is 9.71. The van der Waals surface area contributed by atoms with E-state index in [1.807, 2.05) is 0 Å². The highest BCUT2D eigenvalue weighted by Gasteiger charge is 2.18. The van der Waals surface area contributed by atoms with E-state index in [2.05, 4.69) is 19.5 Å². The molecular formula is C12H16N4O. The van der Waals surface area contributed by atoms with Crippen LogP contribution in [0, 0.1) is 0 Å². The van der Waals surface area contributed by atoms with Gasteiger partial charge < -0.3 is 9.67 Å². The molecule has 1 aliphatic rings. The molecule has 0 saturated heterocycles. The van der Waals surface area contributed by atoms with Crippen LogP contribution in [-0.2, 0) is 0 Å². The van der Waals surface area contributed by atoms with Crippen LogP contribution < -0.4 is 0 Å². The molecule has 2 aromatic rings. The van der Waals surface area contributed by atoms with Crippen molar-refractivity contribution in [2.24, 2.45) is 0 Å². The van der Waals surface area contributed by atoms with Crippen molar-refractivity contribution in [3.05, 3.63) is 12.7 Å². The molecular weight excluding hydrogens is 216 g/mol. The molecule has 1 saturated carbocycles. The average Bonchev–Trinajstić information content (AvgIpc) is 2.59. The average molecular weight is 232 g/mol. The van der Waals surface area contributed by atoms with Gasteiger partial charge in [-0.05, 0) is 12.8 Å². The van der Waals surface area contributed by atoms with Gasteiger partial charge in [0, 0.05) is 6.04 Å². The summed E-state index contributed by atoms with van der Waals surface area (Å²) < 4.78 is 2.10. The molecule has 1 fully saturated rings. The first-order chi connectivity index (χ1) is 8.36. The number of aromatic hydroxyl groups is 1. The summed E-state index contributed by atoms with van der Waals surface area (Å²) in [5, 5.41) is 9.61. The van der Waals surface area contributed by atoms with Crippen molar-refractivity contribution in [2.45, 2.75) is 44.6 Å². The third-order valence-corrected chi connectivity index (χ3v) is 3.56. The van der Waals surface area contributed by atoms with Gasteiger partial charge in [0.1, 0.15) is 6.33 Å². The van der Waals surface area contributed by atoms with Gasteiger partial charge in [0.25, 0.3) is 0 Å². The van der Waals surface area contributed by atoms with Crippen LogP contribution in [0.4, 0.5) is 0 Å². The molecule has 0 aromatic carbocycles. The topological polar surface area (TPSA) is 63.8 Å². The summed E-state index contributed by atoms with van der Waals surface area (Å²) in [7, 11) is 0. The van der Waals surface area contributed by atoms with Crippen LogP contribution in [0.1, 0.15) is 44.6 Å². The second kappa shape index (κ2) is 4.31. The molecule has 0 unspecified atom stereocenters. The van der Waals surface area contributed by atoms with Crippen LogP contribution in [-0.4, -0.2) is 24.6 Å². The summed E-state index contributed by atoms with van der Waals surface area (Å²) in [6.45, 7) is 0. The van der Waals surface area contributed by atoms with E-state index in [0.717, 1.165) is 5.65 Å². The lowest BCUT2D eigenvalue weighted by Gasteiger charge is -2.15. The minimum atomic E-state index is -0.0256. The van der Waals surface area contributed by atoms with Gasteiger partial charge in [0.2, 0.25) is 5.88 Å². The first-order valence-electron chi connectivity index (χ1n) is 6.23.